The Morgan fingerprint density at radius 2 is 1.94 bits per heavy atom. The Morgan fingerprint density at radius 3 is 2.56 bits per heavy atom. The number of nitrogens with one attached hydrogen (secondary N) is 1. The second kappa shape index (κ2) is 9.34. The van der Waals surface area contributed by atoms with Gasteiger partial charge in [-0.05, 0) is 46.2 Å². The number of hydrogen-bond donors (Lipinski definition) is 1. The molecule has 0 aromatic heterocycles. The fraction of sp³-hybridized carbons (Fsp3) is 0.929. The number of rotatable bonds is 7. The van der Waals surface area contributed by atoms with Crippen LogP contribution in [0.4, 0.5) is 0 Å². The van der Waals surface area contributed by atoms with Gasteiger partial charge in [-0.3, -0.25) is 9.69 Å². The second-order valence-electron chi connectivity index (χ2n) is 4.97. The van der Waals surface area contributed by atoms with Crippen LogP contribution < -0.4 is 5.32 Å². The molecule has 4 heteroatoms. The van der Waals surface area contributed by atoms with Gasteiger partial charge in [-0.25, -0.2) is 0 Å². The van der Waals surface area contributed by atoms with E-state index in [0.29, 0.717) is 0 Å². The standard InChI is InChI=1S/C14H28N2O2/c1-3-18-12-8-9-15-14(17)13(2)16-10-6-4-5-7-11-16/h13H,3-12H2,1-2H3,(H,15,17). The van der Waals surface area contributed by atoms with Gasteiger partial charge >= 0.3 is 0 Å². The summed E-state index contributed by atoms with van der Waals surface area (Å²) >= 11 is 0. The van der Waals surface area contributed by atoms with Gasteiger partial charge in [-0.1, -0.05) is 12.8 Å². The van der Waals surface area contributed by atoms with E-state index < -0.39 is 0 Å². The molecule has 1 heterocycles. The Labute approximate surface area is 111 Å². The molecule has 1 unspecified atom stereocenters. The molecule has 0 spiro atoms. The normalized spacial score (nSPS) is 19.2. The lowest BCUT2D eigenvalue weighted by molar-refractivity contribution is -0.125. The molecule has 1 aliphatic heterocycles. The van der Waals surface area contributed by atoms with E-state index in [0.717, 1.165) is 39.3 Å². The molecule has 0 bridgehead atoms. The first-order valence-corrected chi connectivity index (χ1v) is 7.35. The third kappa shape index (κ3) is 5.83. The van der Waals surface area contributed by atoms with Crippen LogP contribution in [0.15, 0.2) is 0 Å². The van der Waals surface area contributed by atoms with E-state index in [1.54, 1.807) is 0 Å². The molecule has 4 nitrogen and oxygen atoms in total. The topological polar surface area (TPSA) is 41.6 Å². The molecule has 1 fully saturated rings. The molecule has 1 atom stereocenters. The van der Waals surface area contributed by atoms with E-state index in [1.807, 2.05) is 13.8 Å². The van der Waals surface area contributed by atoms with Crippen LogP contribution in [0.1, 0.15) is 46.0 Å². The summed E-state index contributed by atoms with van der Waals surface area (Å²) < 4.78 is 5.25. The van der Waals surface area contributed by atoms with Crippen LogP contribution in [0.2, 0.25) is 0 Å². The minimum absolute atomic E-state index is 0.00944. The van der Waals surface area contributed by atoms with Crippen LogP contribution in [0.5, 0.6) is 0 Å². The van der Waals surface area contributed by atoms with E-state index in [2.05, 4.69) is 10.2 Å². The fourth-order valence-corrected chi connectivity index (χ4v) is 2.33. The third-order valence-electron chi connectivity index (χ3n) is 3.54. The summed E-state index contributed by atoms with van der Waals surface area (Å²) in [5.41, 5.74) is 0. The van der Waals surface area contributed by atoms with Crippen molar-refractivity contribution in [2.24, 2.45) is 0 Å². The van der Waals surface area contributed by atoms with Gasteiger partial charge in [0.05, 0.1) is 6.04 Å². The molecule has 0 aromatic carbocycles. The summed E-state index contributed by atoms with van der Waals surface area (Å²) in [6.07, 6.45) is 5.95. The maximum atomic E-state index is 12.0. The second-order valence-corrected chi connectivity index (χ2v) is 4.97. The highest BCUT2D eigenvalue weighted by molar-refractivity contribution is 5.81. The average Bonchev–Trinajstić information content (AvgIpc) is 2.66. The quantitative estimate of drug-likeness (QED) is 0.706. The fourth-order valence-electron chi connectivity index (χ4n) is 2.33. The van der Waals surface area contributed by atoms with Gasteiger partial charge in [0.1, 0.15) is 0 Å². The molecule has 0 radical (unpaired) electrons. The highest BCUT2D eigenvalue weighted by Crippen LogP contribution is 2.12. The Kier molecular flexibility index (Phi) is 8.01. The van der Waals surface area contributed by atoms with Crippen molar-refractivity contribution in [3.05, 3.63) is 0 Å². The van der Waals surface area contributed by atoms with Gasteiger partial charge in [-0.15, -0.1) is 0 Å². The molecule has 106 valence electrons. The predicted octanol–water partition coefficient (Wildman–Crippen LogP) is 1.79. The van der Waals surface area contributed by atoms with Gasteiger partial charge in [0.2, 0.25) is 5.91 Å². The smallest absolute Gasteiger partial charge is 0.237 e. The number of carbonyl (C=O) groups excluding carboxylic acids is 1. The van der Waals surface area contributed by atoms with Crippen LogP contribution in [-0.4, -0.2) is 49.7 Å². The molecule has 0 aliphatic carbocycles. The number of amides is 1. The van der Waals surface area contributed by atoms with E-state index >= 15 is 0 Å². The summed E-state index contributed by atoms with van der Waals surface area (Å²) in [5.74, 6) is 0.161. The van der Waals surface area contributed by atoms with Crippen LogP contribution >= 0.6 is 0 Å². The maximum Gasteiger partial charge on any atom is 0.237 e. The lowest BCUT2D eigenvalue weighted by Gasteiger charge is -2.26. The van der Waals surface area contributed by atoms with Gasteiger partial charge in [0.15, 0.2) is 0 Å². The van der Waals surface area contributed by atoms with Crippen molar-refractivity contribution in [1.29, 1.82) is 0 Å². The minimum Gasteiger partial charge on any atom is -0.382 e. The number of carbonyl (C=O) groups is 1. The monoisotopic (exact) mass is 256 g/mol. The third-order valence-corrected chi connectivity index (χ3v) is 3.54. The molecule has 18 heavy (non-hydrogen) atoms. The first-order valence-electron chi connectivity index (χ1n) is 7.35. The molecular weight excluding hydrogens is 228 g/mol. The van der Waals surface area contributed by atoms with Crippen molar-refractivity contribution in [3.8, 4) is 0 Å². The summed E-state index contributed by atoms with van der Waals surface area (Å²) in [5, 5.41) is 3.00. The van der Waals surface area contributed by atoms with Crippen molar-refractivity contribution in [2.75, 3.05) is 32.8 Å². The summed E-state index contributed by atoms with van der Waals surface area (Å²) in [7, 11) is 0. The number of nitrogens with zero attached hydrogens (tertiary/aromatic N) is 1. The van der Waals surface area contributed by atoms with Crippen molar-refractivity contribution in [2.45, 2.75) is 52.0 Å². The average molecular weight is 256 g/mol. The number of likely N-dealkylation sites (tertiary alicyclic amines) is 1. The summed E-state index contributed by atoms with van der Waals surface area (Å²) in [4.78, 5) is 14.3. The van der Waals surface area contributed by atoms with Crippen LogP contribution in [0.25, 0.3) is 0 Å². The SMILES string of the molecule is CCOCCCNC(=O)C(C)N1CCCCCC1. The Morgan fingerprint density at radius 1 is 1.28 bits per heavy atom. The van der Waals surface area contributed by atoms with Crippen molar-refractivity contribution >= 4 is 5.91 Å². The Hall–Kier alpha value is -0.610. The van der Waals surface area contributed by atoms with E-state index in [1.165, 1.54) is 25.7 Å². The van der Waals surface area contributed by atoms with Gasteiger partial charge < -0.3 is 10.1 Å². The summed E-state index contributed by atoms with van der Waals surface area (Å²) in [6, 6.07) is 0.00944. The first-order chi connectivity index (χ1) is 8.75. The van der Waals surface area contributed by atoms with E-state index in [9.17, 15) is 4.79 Å². The molecule has 0 saturated carbocycles. The van der Waals surface area contributed by atoms with Crippen molar-refractivity contribution < 1.29 is 9.53 Å². The number of ether oxygens (including phenoxy) is 1. The van der Waals surface area contributed by atoms with Crippen molar-refractivity contribution in [1.82, 2.24) is 10.2 Å². The maximum absolute atomic E-state index is 12.0. The number of hydrogen-bond acceptors (Lipinski definition) is 3. The minimum atomic E-state index is 0.00944. The Bertz CT molecular complexity index is 226. The van der Waals surface area contributed by atoms with Gasteiger partial charge in [0, 0.05) is 19.8 Å². The largest absolute Gasteiger partial charge is 0.382 e. The lowest BCUT2D eigenvalue weighted by atomic mass is 10.2. The highest BCUT2D eigenvalue weighted by Gasteiger charge is 2.21. The van der Waals surface area contributed by atoms with E-state index in [-0.39, 0.29) is 11.9 Å². The molecule has 1 saturated heterocycles. The summed E-state index contributed by atoms with van der Waals surface area (Å²) in [6.45, 7) is 8.33. The first kappa shape index (κ1) is 15.4. The van der Waals surface area contributed by atoms with Crippen LogP contribution in [0.3, 0.4) is 0 Å². The van der Waals surface area contributed by atoms with Crippen LogP contribution in [-0.2, 0) is 9.53 Å². The predicted molar refractivity (Wildman–Crippen MR) is 73.6 cm³/mol. The zero-order valence-electron chi connectivity index (χ0n) is 11.9. The van der Waals surface area contributed by atoms with Crippen LogP contribution in [0, 0.1) is 0 Å². The molecule has 1 N–H and O–H groups in total. The zero-order chi connectivity index (χ0) is 13.2. The molecule has 1 rings (SSSR count). The van der Waals surface area contributed by atoms with Crippen molar-refractivity contribution in [3.63, 3.8) is 0 Å². The Balaban J connectivity index is 2.18. The molecule has 0 aromatic rings. The van der Waals surface area contributed by atoms with Gasteiger partial charge in [-0.2, -0.15) is 0 Å². The zero-order valence-corrected chi connectivity index (χ0v) is 11.9. The molecular formula is C14H28N2O2. The molecule has 1 amide bonds. The van der Waals surface area contributed by atoms with Gasteiger partial charge in [0.25, 0.3) is 0 Å². The molecule has 1 aliphatic rings. The van der Waals surface area contributed by atoms with E-state index in [4.69, 9.17) is 4.74 Å². The lowest BCUT2D eigenvalue weighted by Crippen LogP contribution is -2.45. The highest BCUT2D eigenvalue weighted by atomic mass is 16.5.